The molecule has 2 heteroatoms. The van der Waals surface area contributed by atoms with Crippen LogP contribution in [-0.4, -0.2) is 13.1 Å². The van der Waals surface area contributed by atoms with Gasteiger partial charge in [-0.15, -0.1) is 0 Å². The van der Waals surface area contributed by atoms with Crippen molar-refractivity contribution in [1.29, 1.82) is 0 Å². The Balaban J connectivity index is 2.06. The number of nitrogens with zero attached hydrogens (tertiary/aromatic N) is 1. The van der Waals surface area contributed by atoms with E-state index in [1.165, 1.54) is 16.9 Å². The SMILES string of the molecule is c1ccc(N2CCNCc3ccccc32)cc1. The molecule has 1 aliphatic rings. The average molecular weight is 224 g/mol. The zero-order chi connectivity index (χ0) is 11.5. The van der Waals surface area contributed by atoms with E-state index in [9.17, 15) is 0 Å². The lowest BCUT2D eigenvalue weighted by Gasteiger charge is -2.24. The van der Waals surface area contributed by atoms with Gasteiger partial charge in [0.2, 0.25) is 0 Å². The summed E-state index contributed by atoms with van der Waals surface area (Å²) < 4.78 is 0. The van der Waals surface area contributed by atoms with Gasteiger partial charge in [-0.2, -0.15) is 0 Å². The highest BCUT2D eigenvalue weighted by molar-refractivity contribution is 5.66. The minimum atomic E-state index is 0.958. The van der Waals surface area contributed by atoms with Crippen molar-refractivity contribution >= 4 is 11.4 Å². The number of anilines is 2. The lowest BCUT2D eigenvalue weighted by atomic mass is 10.1. The molecule has 0 aromatic heterocycles. The van der Waals surface area contributed by atoms with E-state index >= 15 is 0 Å². The van der Waals surface area contributed by atoms with Crippen LogP contribution in [0.25, 0.3) is 0 Å². The molecule has 2 aromatic carbocycles. The van der Waals surface area contributed by atoms with Crippen LogP contribution in [0.1, 0.15) is 5.56 Å². The Morgan fingerprint density at radius 1 is 0.882 bits per heavy atom. The third-order valence-electron chi connectivity index (χ3n) is 3.18. The monoisotopic (exact) mass is 224 g/mol. The number of hydrogen-bond donors (Lipinski definition) is 1. The van der Waals surface area contributed by atoms with Crippen molar-refractivity contribution in [3.63, 3.8) is 0 Å². The van der Waals surface area contributed by atoms with E-state index in [1.807, 2.05) is 0 Å². The number of rotatable bonds is 1. The van der Waals surface area contributed by atoms with Crippen LogP contribution in [0.3, 0.4) is 0 Å². The highest BCUT2D eigenvalue weighted by atomic mass is 15.2. The molecule has 2 nitrogen and oxygen atoms in total. The van der Waals surface area contributed by atoms with E-state index in [0.29, 0.717) is 0 Å². The summed E-state index contributed by atoms with van der Waals surface area (Å²) in [6.07, 6.45) is 0. The van der Waals surface area contributed by atoms with Crippen LogP contribution in [0.2, 0.25) is 0 Å². The van der Waals surface area contributed by atoms with E-state index in [0.717, 1.165) is 19.6 Å². The topological polar surface area (TPSA) is 15.3 Å². The summed E-state index contributed by atoms with van der Waals surface area (Å²) in [6.45, 7) is 2.99. The second-order valence-corrected chi connectivity index (χ2v) is 4.29. The largest absolute Gasteiger partial charge is 0.340 e. The predicted octanol–water partition coefficient (Wildman–Crippen LogP) is 2.93. The molecule has 0 aliphatic carbocycles. The number of nitrogens with one attached hydrogen (secondary N) is 1. The molecule has 0 radical (unpaired) electrons. The van der Waals surface area contributed by atoms with Gasteiger partial charge in [-0.25, -0.2) is 0 Å². The van der Waals surface area contributed by atoms with Crippen LogP contribution < -0.4 is 10.2 Å². The van der Waals surface area contributed by atoms with Crippen LogP contribution in [0, 0.1) is 0 Å². The highest BCUT2D eigenvalue weighted by Gasteiger charge is 2.15. The molecule has 0 saturated heterocycles. The van der Waals surface area contributed by atoms with Crippen molar-refractivity contribution in [2.45, 2.75) is 6.54 Å². The number of fused-ring (bicyclic) bond motifs is 1. The van der Waals surface area contributed by atoms with Crippen molar-refractivity contribution in [2.24, 2.45) is 0 Å². The molecular weight excluding hydrogens is 208 g/mol. The fourth-order valence-corrected chi connectivity index (χ4v) is 2.33. The Bertz CT molecular complexity index is 493. The van der Waals surface area contributed by atoms with E-state index in [4.69, 9.17) is 0 Å². The maximum absolute atomic E-state index is 3.46. The van der Waals surface area contributed by atoms with Crippen molar-refractivity contribution in [3.05, 3.63) is 60.2 Å². The molecule has 1 aliphatic heterocycles. The zero-order valence-electron chi connectivity index (χ0n) is 9.76. The summed E-state index contributed by atoms with van der Waals surface area (Å²) in [7, 11) is 0. The molecule has 0 spiro atoms. The molecule has 86 valence electrons. The Kier molecular flexibility index (Phi) is 2.80. The lowest BCUT2D eigenvalue weighted by molar-refractivity contribution is 0.712. The standard InChI is InChI=1S/C15H16N2/c1-2-7-14(8-3-1)17-11-10-16-12-13-6-4-5-9-15(13)17/h1-9,16H,10-12H2. The first-order valence-electron chi connectivity index (χ1n) is 6.06. The Labute approximate surface area is 102 Å². The van der Waals surface area contributed by atoms with E-state index in [1.54, 1.807) is 0 Å². The van der Waals surface area contributed by atoms with Gasteiger partial charge in [-0.05, 0) is 23.8 Å². The Hall–Kier alpha value is -1.80. The van der Waals surface area contributed by atoms with Gasteiger partial charge in [-0.3, -0.25) is 0 Å². The minimum Gasteiger partial charge on any atom is -0.340 e. The molecule has 0 saturated carbocycles. The first kappa shape index (κ1) is 10.4. The van der Waals surface area contributed by atoms with Crippen LogP contribution >= 0.6 is 0 Å². The van der Waals surface area contributed by atoms with Crippen molar-refractivity contribution in [3.8, 4) is 0 Å². The molecule has 1 N–H and O–H groups in total. The lowest BCUT2D eigenvalue weighted by Crippen LogP contribution is -2.24. The summed E-state index contributed by atoms with van der Waals surface area (Å²) in [4.78, 5) is 2.38. The van der Waals surface area contributed by atoms with Gasteiger partial charge in [0.05, 0.1) is 0 Å². The summed E-state index contributed by atoms with van der Waals surface area (Å²) in [5.74, 6) is 0. The second kappa shape index (κ2) is 4.60. The van der Waals surface area contributed by atoms with E-state index in [-0.39, 0.29) is 0 Å². The van der Waals surface area contributed by atoms with Gasteiger partial charge in [-0.1, -0.05) is 36.4 Å². The fraction of sp³-hybridized carbons (Fsp3) is 0.200. The van der Waals surface area contributed by atoms with Gasteiger partial charge in [0, 0.05) is 31.0 Å². The molecule has 0 amide bonds. The van der Waals surface area contributed by atoms with Gasteiger partial charge in [0.25, 0.3) is 0 Å². The quantitative estimate of drug-likeness (QED) is 0.801. The van der Waals surface area contributed by atoms with Gasteiger partial charge in [0.1, 0.15) is 0 Å². The smallest absolute Gasteiger partial charge is 0.0456 e. The molecular formula is C15H16N2. The average Bonchev–Trinajstić information content (AvgIpc) is 2.62. The van der Waals surface area contributed by atoms with Gasteiger partial charge in [0.15, 0.2) is 0 Å². The van der Waals surface area contributed by atoms with Gasteiger partial charge < -0.3 is 10.2 Å². The van der Waals surface area contributed by atoms with Crippen LogP contribution in [0.5, 0.6) is 0 Å². The molecule has 3 rings (SSSR count). The maximum atomic E-state index is 3.46. The van der Waals surface area contributed by atoms with Crippen molar-refractivity contribution in [1.82, 2.24) is 5.32 Å². The molecule has 0 fully saturated rings. The second-order valence-electron chi connectivity index (χ2n) is 4.29. The van der Waals surface area contributed by atoms with E-state index < -0.39 is 0 Å². The van der Waals surface area contributed by atoms with Crippen LogP contribution in [0.15, 0.2) is 54.6 Å². The number of benzene rings is 2. The summed E-state index contributed by atoms with van der Waals surface area (Å²) in [6, 6.07) is 19.2. The van der Waals surface area contributed by atoms with E-state index in [2.05, 4.69) is 64.8 Å². The van der Waals surface area contributed by atoms with Gasteiger partial charge >= 0.3 is 0 Å². The molecule has 0 unspecified atom stereocenters. The van der Waals surface area contributed by atoms with Crippen LogP contribution in [0.4, 0.5) is 11.4 Å². The summed E-state index contributed by atoms with van der Waals surface area (Å²) in [5.41, 5.74) is 3.96. The van der Waals surface area contributed by atoms with Crippen LogP contribution in [-0.2, 0) is 6.54 Å². The third kappa shape index (κ3) is 2.04. The Morgan fingerprint density at radius 2 is 1.65 bits per heavy atom. The normalized spacial score (nSPS) is 15.2. The minimum absolute atomic E-state index is 0.958. The first-order chi connectivity index (χ1) is 8.45. The highest BCUT2D eigenvalue weighted by Crippen LogP contribution is 2.29. The summed E-state index contributed by atoms with van der Waals surface area (Å²) >= 11 is 0. The zero-order valence-corrected chi connectivity index (χ0v) is 9.76. The van der Waals surface area contributed by atoms with Crippen molar-refractivity contribution < 1.29 is 0 Å². The third-order valence-corrected chi connectivity index (χ3v) is 3.18. The predicted molar refractivity (Wildman–Crippen MR) is 71.6 cm³/mol. The molecule has 1 heterocycles. The fourth-order valence-electron chi connectivity index (χ4n) is 2.33. The first-order valence-corrected chi connectivity index (χ1v) is 6.06. The number of para-hydroxylation sites is 2. The Morgan fingerprint density at radius 3 is 2.53 bits per heavy atom. The molecule has 17 heavy (non-hydrogen) atoms. The molecule has 0 bridgehead atoms. The molecule has 2 aromatic rings. The molecule has 0 atom stereocenters. The maximum Gasteiger partial charge on any atom is 0.0456 e. The number of hydrogen-bond acceptors (Lipinski definition) is 2. The van der Waals surface area contributed by atoms with Crippen molar-refractivity contribution in [2.75, 3.05) is 18.0 Å². The summed E-state index contributed by atoms with van der Waals surface area (Å²) in [5, 5.41) is 3.46.